The smallest absolute Gasteiger partial charge is 0.107 e. The summed E-state index contributed by atoms with van der Waals surface area (Å²) < 4.78 is 0. The van der Waals surface area contributed by atoms with E-state index >= 15 is 0 Å². The molecule has 2 aromatic carbocycles. The van der Waals surface area contributed by atoms with Crippen molar-refractivity contribution in [3.8, 4) is 0 Å². The van der Waals surface area contributed by atoms with Crippen molar-refractivity contribution in [3.63, 3.8) is 0 Å². The third-order valence-electron chi connectivity index (χ3n) is 2.96. The molecule has 0 atom stereocenters. The maximum absolute atomic E-state index is 4.03. The van der Waals surface area contributed by atoms with Crippen LogP contribution in [0.2, 0.25) is 0 Å². The second kappa shape index (κ2) is 3.96. The predicted octanol–water partition coefficient (Wildman–Crippen LogP) is 2.22. The number of fused-ring (bicyclic) bond motifs is 2. The maximum Gasteiger partial charge on any atom is 0.127 e. The Morgan fingerprint density at radius 2 is 1.38 bits per heavy atom. The SMILES string of the molecule is C=C[SiH]1c2ccccc2Sc2ccccc21. The minimum atomic E-state index is -1.16. The second-order valence-corrected chi connectivity index (χ2v) is 7.65. The Balaban J connectivity index is 2.23. The molecular weight excluding hydrogens is 228 g/mol. The zero-order chi connectivity index (χ0) is 11.0. The van der Waals surface area contributed by atoms with Gasteiger partial charge < -0.3 is 0 Å². The van der Waals surface area contributed by atoms with Gasteiger partial charge in [0.2, 0.25) is 0 Å². The summed E-state index contributed by atoms with van der Waals surface area (Å²) in [6, 6.07) is 17.5. The van der Waals surface area contributed by atoms with E-state index < -0.39 is 8.80 Å². The summed E-state index contributed by atoms with van der Waals surface area (Å²) in [7, 11) is -1.16. The fraction of sp³-hybridized carbons (Fsp3) is 0. The lowest BCUT2D eigenvalue weighted by atomic mass is 10.3. The minimum absolute atomic E-state index is 1.16. The van der Waals surface area contributed by atoms with E-state index in [1.165, 1.54) is 20.2 Å². The molecule has 0 unspecified atom stereocenters. The van der Waals surface area contributed by atoms with E-state index in [4.69, 9.17) is 0 Å². The van der Waals surface area contributed by atoms with Crippen LogP contribution in [0.4, 0.5) is 0 Å². The molecule has 0 aromatic heterocycles. The van der Waals surface area contributed by atoms with E-state index in [1.807, 2.05) is 11.8 Å². The van der Waals surface area contributed by atoms with E-state index in [1.54, 1.807) is 0 Å². The zero-order valence-corrected chi connectivity index (χ0v) is 10.9. The largest absolute Gasteiger partial charge is 0.127 e. The Labute approximate surface area is 102 Å². The lowest BCUT2D eigenvalue weighted by molar-refractivity contribution is 1.43. The number of hydrogen-bond donors (Lipinski definition) is 0. The average molecular weight is 240 g/mol. The van der Waals surface area contributed by atoms with E-state index in [0.29, 0.717) is 0 Å². The molecule has 1 heterocycles. The third kappa shape index (κ3) is 1.46. The van der Waals surface area contributed by atoms with Gasteiger partial charge in [-0.3, -0.25) is 0 Å². The molecule has 0 aliphatic carbocycles. The van der Waals surface area contributed by atoms with Gasteiger partial charge in [-0.2, -0.15) is 0 Å². The molecule has 0 saturated carbocycles. The fourth-order valence-corrected chi connectivity index (χ4v) is 6.50. The summed E-state index contributed by atoms with van der Waals surface area (Å²) in [6.45, 7) is 4.03. The van der Waals surface area contributed by atoms with Crippen LogP contribution in [0.5, 0.6) is 0 Å². The molecule has 1 aliphatic heterocycles. The van der Waals surface area contributed by atoms with E-state index in [-0.39, 0.29) is 0 Å². The summed E-state index contributed by atoms with van der Waals surface area (Å²) in [5, 5.41) is 3.03. The van der Waals surface area contributed by atoms with Crippen LogP contribution in [0.15, 0.2) is 70.6 Å². The van der Waals surface area contributed by atoms with Gasteiger partial charge in [-0.15, -0.1) is 6.58 Å². The number of rotatable bonds is 1. The lowest BCUT2D eigenvalue weighted by Crippen LogP contribution is -2.44. The van der Waals surface area contributed by atoms with Gasteiger partial charge in [-0.05, 0) is 22.5 Å². The first-order chi connectivity index (χ1) is 7.90. The maximum atomic E-state index is 4.03. The van der Waals surface area contributed by atoms with E-state index in [9.17, 15) is 0 Å². The monoisotopic (exact) mass is 240 g/mol. The molecule has 0 spiro atoms. The molecule has 0 nitrogen and oxygen atoms in total. The topological polar surface area (TPSA) is 0 Å². The first kappa shape index (κ1) is 9.94. The van der Waals surface area contributed by atoms with Crippen molar-refractivity contribution in [2.24, 2.45) is 0 Å². The number of hydrogen-bond acceptors (Lipinski definition) is 1. The van der Waals surface area contributed by atoms with Crippen LogP contribution in [0, 0.1) is 0 Å². The number of benzene rings is 2. The highest BCUT2D eigenvalue weighted by Gasteiger charge is 2.24. The summed E-state index contributed by atoms with van der Waals surface area (Å²) in [5.74, 6) is 0. The normalized spacial score (nSPS) is 14.0. The Morgan fingerprint density at radius 1 is 0.875 bits per heavy atom. The fourth-order valence-electron chi connectivity index (χ4n) is 2.20. The molecule has 0 fully saturated rings. The van der Waals surface area contributed by atoms with Crippen molar-refractivity contribution in [2.45, 2.75) is 9.79 Å². The van der Waals surface area contributed by atoms with Crippen LogP contribution >= 0.6 is 11.8 Å². The van der Waals surface area contributed by atoms with Crippen molar-refractivity contribution in [3.05, 3.63) is 60.8 Å². The van der Waals surface area contributed by atoms with Gasteiger partial charge in [0.15, 0.2) is 0 Å². The van der Waals surface area contributed by atoms with Crippen LogP contribution < -0.4 is 10.4 Å². The van der Waals surface area contributed by atoms with Crippen LogP contribution in [-0.2, 0) is 0 Å². The molecule has 0 bridgehead atoms. The van der Waals surface area contributed by atoms with Gasteiger partial charge >= 0.3 is 0 Å². The predicted molar refractivity (Wildman–Crippen MR) is 73.6 cm³/mol. The summed E-state index contributed by atoms with van der Waals surface area (Å²) in [5.41, 5.74) is 2.18. The molecule has 0 N–H and O–H groups in total. The van der Waals surface area contributed by atoms with Crippen molar-refractivity contribution in [1.29, 1.82) is 0 Å². The summed E-state index contributed by atoms with van der Waals surface area (Å²) in [4.78, 5) is 2.83. The quantitative estimate of drug-likeness (QED) is 0.689. The van der Waals surface area contributed by atoms with Crippen LogP contribution in [0.1, 0.15) is 0 Å². The summed E-state index contributed by atoms with van der Waals surface area (Å²) >= 11 is 1.89. The highest BCUT2D eigenvalue weighted by Crippen LogP contribution is 2.29. The average Bonchev–Trinajstić information content (AvgIpc) is 2.36. The minimum Gasteiger partial charge on any atom is -0.107 e. The van der Waals surface area contributed by atoms with Crippen LogP contribution in [0.25, 0.3) is 0 Å². The van der Waals surface area contributed by atoms with E-state index in [0.717, 1.165) is 0 Å². The van der Waals surface area contributed by atoms with Gasteiger partial charge in [-0.1, -0.05) is 53.9 Å². The van der Waals surface area contributed by atoms with Crippen molar-refractivity contribution < 1.29 is 0 Å². The highest BCUT2D eigenvalue weighted by atomic mass is 32.2. The Morgan fingerprint density at radius 3 is 1.88 bits per heavy atom. The van der Waals surface area contributed by atoms with Gasteiger partial charge in [0, 0.05) is 9.79 Å². The molecule has 1 aliphatic rings. The van der Waals surface area contributed by atoms with Gasteiger partial charge in [0.1, 0.15) is 8.80 Å². The molecule has 0 radical (unpaired) electrons. The standard InChI is InChI=1S/C14H12SSi/c1-2-16-13-9-5-3-7-11(13)15-12-8-4-6-10-14(12)16/h2-10,16H,1H2. The van der Waals surface area contributed by atoms with Gasteiger partial charge in [0.05, 0.1) is 0 Å². The lowest BCUT2D eigenvalue weighted by Gasteiger charge is -2.24. The van der Waals surface area contributed by atoms with Crippen molar-refractivity contribution in [1.82, 2.24) is 0 Å². The van der Waals surface area contributed by atoms with Crippen molar-refractivity contribution >= 4 is 30.9 Å². The molecule has 0 amide bonds. The molecule has 16 heavy (non-hydrogen) atoms. The van der Waals surface area contributed by atoms with Gasteiger partial charge in [-0.25, -0.2) is 0 Å². The summed E-state index contributed by atoms with van der Waals surface area (Å²) in [6.07, 6.45) is 0. The molecule has 78 valence electrons. The Hall–Kier alpha value is -1.25. The Kier molecular flexibility index (Phi) is 2.46. The third-order valence-corrected chi connectivity index (χ3v) is 7.38. The molecular formula is C14H12SSi. The van der Waals surface area contributed by atoms with Crippen LogP contribution in [0.3, 0.4) is 0 Å². The first-order valence-electron chi connectivity index (χ1n) is 5.38. The molecule has 2 heteroatoms. The first-order valence-corrected chi connectivity index (χ1v) is 8.02. The van der Waals surface area contributed by atoms with Crippen molar-refractivity contribution in [2.75, 3.05) is 0 Å². The Bertz CT molecular complexity index is 502. The molecule has 2 aromatic rings. The second-order valence-electron chi connectivity index (χ2n) is 3.89. The molecule has 3 rings (SSSR count). The molecule has 0 saturated heterocycles. The van der Waals surface area contributed by atoms with E-state index in [2.05, 4.69) is 60.8 Å². The highest BCUT2D eigenvalue weighted by molar-refractivity contribution is 8.00. The van der Waals surface area contributed by atoms with Crippen LogP contribution in [-0.4, -0.2) is 8.80 Å². The van der Waals surface area contributed by atoms with Gasteiger partial charge in [0.25, 0.3) is 0 Å². The zero-order valence-electron chi connectivity index (χ0n) is 8.89.